The first-order valence-electron chi connectivity index (χ1n) is 8.92. The summed E-state index contributed by atoms with van der Waals surface area (Å²) in [5.74, 6) is 0.784. The molecular weight excluding hydrogens is 440 g/mol. The van der Waals surface area contributed by atoms with Gasteiger partial charge < -0.3 is 14.8 Å². The maximum absolute atomic E-state index is 12.7. The number of rotatable bonds is 9. The molecule has 0 aliphatic heterocycles. The summed E-state index contributed by atoms with van der Waals surface area (Å²) in [6.07, 6.45) is 3.59. The van der Waals surface area contributed by atoms with Crippen LogP contribution >= 0.6 is 28.1 Å². The van der Waals surface area contributed by atoms with E-state index < -0.39 is 0 Å². The Labute approximate surface area is 179 Å². The summed E-state index contributed by atoms with van der Waals surface area (Å²) in [5, 5.41) is 5.85. The van der Waals surface area contributed by atoms with Crippen LogP contribution < -0.4 is 20.1 Å². The van der Waals surface area contributed by atoms with E-state index >= 15 is 0 Å². The van der Waals surface area contributed by atoms with Gasteiger partial charge in [-0.2, -0.15) is 0 Å². The van der Waals surface area contributed by atoms with Gasteiger partial charge in [-0.3, -0.25) is 10.1 Å². The van der Waals surface area contributed by atoms with Crippen LogP contribution in [-0.2, 0) is 0 Å². The first kappa shape index (κ1) is 21.9. The Bertz CT molecular complexity index is 842. The number of carbonyl (C=O) groups is 1. The van der Waals surface area contributed by atoms with Crippen LogP contribution in [0.15, 0.2) is 59.6 Å². The van der Waals surface area contributed by atoms with Crippen LogP contribution in [0.5, 0.6) is 11.5 Å². The molecule has 0 radical (unpaired) electrons. The molecule has 2 aromatic rings. The number of halogens is 1. The molecule has 0 saturated carbocycles. The number of thiocarbonyl (C=S) groups is 1. The predicted octanol–water partition coefficient (Wildman–Crippen LogP) is 5.32. The number of hydrogen-bond acceptors (Lipinski definition) is 4. The number of para-hydroxylation sites is 2. The third kappa shape index (κ3) is 6.65. The van der Waals surface area contributed by atoms with E-state index in [0.29, 0.717) is 36.0 Å². The normalized spacial score (nSPS) is 10.1. The standard InChI is InChI=1S/C21H23BrN2O3S/c1-3-5-13-27-18-11-10-15(22)14-16(18)20(25)24-21(28)23-17-8-6-7-9-19(17)26-12-4-2/h4,6-11,14H,2-3,5,12-13H2,1H3,(H2,23,24,25,28). The van der Waals surface area contributed by atoms with Crippen molar-refractivity contribution in [1.82, 2.24) is 5.32 Å². The quantitative estimate of drug-likeness (QED) is 0.300. The van der Waals surface area contributed by atoms with Gasteiger partial charge in [0.1, 0.15) is 18.1 Å². The average molecular weight is 463 g/mol. The van der Waals surface area contributed by atoms with Crippen molar-refractivity contribution in [3.63, 3.8) is 0 Å². The average Bonchev–Trinajstić information content (AvgIpc) is 2.68. The third-order valence-corrected chi connectivity index (χ3v) is 4.36. The molecule has 28 heavy (non-hydrogen) atoms. The lowest BCUT2D eigenvalue weighted by molar-refractivity contribution is 0.0973. The topological polar surface area (TPSA) is 59.6 Å². The largest absolute Gasteiger partial charge is 0.493 e. The maximum atomic E-state index is 12.7. The molecule has 0 bridgehead atoms. The lowest BCUT2D eigenvalue weighted by atomic mass is 10.2. The van der Waals surface area contributed by atoms with Crippen molar-refractivity contribution in [2.75, 3.05) is 18.5 Å². The first-order chi connectivity index (χ1) is 13.5. The molecule has 0 aliphatic carbocycles. The van der Waals surface area contributed by atoms with E-state index in [1.54, 1.807) is 18.2 Å². The third-order valence-electron chi connectivity index (χ3n) is 3.66. The number of ether oxygens (including phenoxy) is 2. The van der Waals surface area contributed by atoms with Gasteiger partial charge >= 0.3 is 0 Å². The fourth-order valence-electron chi connectivity index (χ4n) is 2.30. The van der Waals surface area contributed by atoms with Crippen LogP contribution in [0.2, 0.25) is 0 Å². The molecule has 0 spiro atoms. The molecule has 1 amide bonds. The highest BCUT2D eigenvalue weighted by atomic mass is 79.9. The van der Waals surface area contributed by atoms with Crippen LogP contribution in [-0.4, -0.2) is 24.2 Å². The van der Waals surface area contributed by atoms with Crippen molar-refractivity contribution in [3.8, 4) is 11.5 Å². The van der Waals surface area contributed by atoms with Gasteiger partial charge in [0.2, 0.25) is 0 Å². The van der Waals surface area contributed by atoms with Crippen LogP contribution in [0.1, 0.15) is 30.1 Å². The number of carbonyl (C=O) groups excluding carboxylic acids is 1. The highest BCUT2D eigenvalue weighted by molar-refractivity contribution is 9.10. The monoisotopic (exact) mass is 462 g/mol. The zero-order valence-corrected chi connectivity index (χ0v) is 18.1. The second-order valence-electron chi connectivity index (χ2n) is 5.85. The minimum Gasteiger partial charge on any atom is -0.493 e. The first-order valence-corrected chi connectivity index (χ1v) is 10.1. The molecule has 5 nitrogen and oxygen atoms in total. The van der Waals surface area contributed by atoms with Crippen molar-refractivity contribution in [3.05, 3.63) is 65.2 Å². The Balaban J connectivity index is 2.08. The van der Waals surface area contributed by atoms with Gasteiger partial charge in [-0.05, 0) is 49.0 Å². The molecule has 0 saturated heterocycles. The number of benzene rings is 2. The van der Waals surface area contributed by atoms with Gasteiger partial charge in [0.25, 0.3) is 5.91 Å². The van der Waals surface area contributed by atoms with Crippen molar-refractivity contribution < 1.29 is 14.3 Å². The molecule has 0 atom stereocenters. The highest BCUT2D eigenvalue weighted by Crippen LogP contribution is 2.25. The molecular formula is C21H23BrN2O3S. The smallest absolute Gasteiger partial charge is 0.261 e. The summed E-state index contributed by atoms with van der Waals surface area (Å²) in [5.41, 5.74) is 1.06. The highest BCUT2D eigenvalue weighted by Gasteiger charge is 2.15. The summed E-state index contributed by atoms with van der Waals surface area (Å²) < 4.78 is 12.1. The van der Waals surface area contributed by atoms with Gasteiger partial charge in [0.15, 0.2) is 5.11 Å². The number of anilines is 1. The number of nitrogens with one attached hydrogen (secondary N) is 2. The maximum Gasteiger partial charge on any atom is 0.261 e. The molecule has 2 N–H and O–H groups in total. The predicted molar refractivity (Wildman–Crippen MR) is 120 cm³/mol. The zero-order chi connectivity index (χ0) is 20.4. The zero-order valence-electron chi connectivity index (χ0n) is 15.7. The molecule has 0 aliphatic rings. The molecule has 2 rings (SSSR count). The molecule has 2 aromatic carbocycles. The molecule has 0 heterocycles. The minimum atomic E-state index is -0.352. The molecule has 0 unspecified atom stereocenters. The summed E-state index contributed by atoms with van der Waals surface area (Å²) in [7, 11) is 0. The van der Waals surface area contributed by atoms with Gasteiger partial charge in [0, 0.05) is 4.47 Å². The van der Waals surface area contributed by atoms with E-state index in [9.17, 15) is 4.79 Å². The van der Waals surface area contributed by atoms with Gasteiger partial charge in [-0.15, -0.1) is 0 Å². The van der Waals surface area contributed by atoms with E-state index in [-0.39, 0.29) is 11.0 Å². The molecule has 148 valence electrons. The second kappa shape index (κ2) is 11.5. The summed E-state index contributed by atoms with van der Waals surface area (Å²) in [6, 6.07) is 12.6. The summed E-state index contributed by atoms with van der Waals surface area (Å²) >= 11 is 8.69. The van der Waals surface area contributed by atoms with Crippen LogP contribution in [0.25, 0.3) is 0 Å². The Kier molecular flexibility index (Phi) is 8.97. The minimum absolute atomic E-state index is 0.166. The Morgan fingerprint density at radius 2 is 2.00 bits per heavy atom. The van der Waals surface area contributed by atoms with E-state index in [4.69, 9.17) is 21.7 Å². The Morgan fingerprint density at radius 1 is 1.21 bits per heavy atom. The lowest BCUT2D eigenvalue weighted by Crippen LogP contribution is -2.34. The van der Waals surface area contributed by atoms with Crippen LogP contribution in [0.3, 0.4) is 0 Å². The molecule has 0 aromatic heterocycles. The fraction of sp³-hybridized carbons (Fsp3) is 0.238. The van der Waals surface area contributed by atoms with Crippen molar-refractivity contribution in [2.45, 2.75) is 19.8 Å². The SMILES string of the molecule is C=CCOc1ccccc1NC(=S)NC(=O)c1cc(Br)ccc1OCCCC. The summed E-state index contributed by atoms with van der Waals surface area (Å²) in [4.78, 5) is 12.7. The molecule has 7 heteroatoms. The van der Waals surface area contributed by atoms with Gasteiger partial charge in [0.05, 0.1) is 17.9 Å². The van der Waals surface area contributed by atoms with Crippen molar-refractivity contribution in [2.24, 2.45) is 0 Å². The number of unbranched alkanes of at least 4 members (excludes halogenated alkanes) is 1. The summed E-state index contributed by atoms with van der Waals surface area (Å²) in [6.45, 7) is 6.64. The van der Waals surface area contributed by atoms with Gasteiger partial charge in [-0.25, -0.2) is 0 Å². The second-order valence-corrected chi connectivity index (χ2v) is 7.17. The van der Waals surface area contributed by atoms with E-state index in [2.05, 4.69) is 40.1 Å². The number of amides is 1. The van der Waals surface area contributed by atoms with E-state index in [1.165, 1.54) is 0 Å². The molecule has 0 fully saturated rings. The van der Waals surface area contributed by atoms with Crippen molar-refractivity contribution in [1.29, 1.82) is 0 Å². The van der Waals surface area contributed by atoms with E-state index in [0.717, 1.165) is 17.3 Å². The van der Waals surface area contributed by atoms with Gasteiger partial charge in [-0.1, -0.05) is 54.1 Å². The van der Waals surface area contributed by atoms with Crippen molar-refractivity contribution >= 4 is 44.9 Å². The van der Waals surface area contributed by atoms with Crippen LogP contribution in [0, 0.1) is 0 Å². The van der Waals surface area contributed by atoms with E-state index in [1.807, 2.05) is 30.3 Å². The van der Waals surface area contributed by atoms with Crippen LogP contribution in [0.4, 0.5) is 5.69 Å². The number of hydrogen-bond donors (Lipinski definition) is 2. The lowest BCUT2D eigenvalue weighted by Gasteiger charge is -2.15. The Morgan fingerprint density at radius 3 is 2.75 bits per heavy atom. The fourth-order valence-corrected chi connectivity index (χ4v) is 2.86. The Hall–Kier alpha value is -2.38.